The maximum absolute atomic E-state index is 10.8. The van der Waals surface area contributed by atoms with E-state index in [2.05, 4.69) is 9.72 Å². The number of carbonyl (C=O) groups is 1. The van der Waals surface area contributed by atoms with E-state index in [1.807, 2.05) is 0 Å². The number of rotatable bonds is 2. The first-order valence-corrected chi connectivity index (χ1v) is 4.17. The zero-order chi connectivity index (χ0) is 8.27. The van der Waals surface area contributed by atoms with Crippen molar-refractivity contribution in [3.8, 4) is 0 Å². The standard InChI is InChI=1S/C6H6ClNO2S/c1-10-6(9)5(7)4-2-8-3-11-4/h2-3,5H,1H3. The molecule has 0 bridgehead atoms. The number of hydrogen-bond acceptors (Lipinski definition) is 4. The van der Waals surface area contributed by atoms with Crippen LogP contribution in [-0.2, 0) is 9.53 Å². The molecule has 1 unspecified atom stereocenters. The van der Waals surface area contributed by atoms with Crippen molar-refractivity contribution in [3.63, 3.8) is 0 Å². The molecule has 11 heavy (non-hydrogen) atoms. The van der Waals surface area contributed by atoms with E-state index in [1.165, 1.54) is 18.4 Å². The molecular formula is C6H6ClNO2S. The minimum Gasteiger partial charge on any atom is -0.468 e. The third-order valence-electron chi connectivity index (χ3n) is 1.11. The van der Waals surface area contributed by atoms with Gasteiger partial charge in [-0.25, -0.2) is 0 Å². The van der Waals surface area contributed by atoms with Gasteiger partial charge in [0, 0.05) is 6.20 Å². The van der Waals surface area contributed by atoms with Gasteiger partial charge < -0.3 is 4.74 Å². The van der Waals surface area contributed by atoms with Gasteiger partial charge in [0.15, 0.2) is 5.38 Å². The third-order valence-corrected chi connectivity index (χ3v) is 2.49. The van der Waals surface area contributed by atoms with Gasteiger partial charge in [0.25, 0.3) is 0 Å². The summed E-state index contributed by atoms with van der Waals surface area (Å²) in [4.78, 5) is 15.3. The number of carbonyl (C=O) groups excluding carboxylic acids is 1. The normalized spacial score (nSPS) is 12.5. The largest absolute Gasteiger partial charge is 0.468 e. The van der Waals surface area contributed by atoms with Crippen LogP contribution >= 0.6 is 22.9 Å². The van der Waals surface area contributed by atoms with Crippen molar-refractivity contribution in [1.29, 1.82) is 0 Å². The number of methoxy groups -OCH3 is 1. The fourth-order valence-corrected chi connectivity index (χ4v) is 1.45. The smallest absolute Gasteiger partial charge is 0.329 e. The van der Waals surface area contributed by atoms with Gasteiger partial charge in [0.2, 0.25) is 0 Å². The Kier molecular flexibility index (Phi) is 2.84. The molecule has 0 aromatic carbocycles. The Morgan fingerprint density at radius 3 is 3.09 bits per heavy atom. The van der Waals surface area contributed by atoms with Gasteiger partial charge in [0.1, 0.15) is 0 Å². The second kappa shape index (κ2) is 3.69. The van der Waals surface area contributed by atoms with E-state index in [0.717, 1.165) is 0 Å². The van der Waals surface area contributed by atoms with Crippen molar-refractivity contribution in [2.45, 2.75) is 5.38 Å². The first-order chi connectivity index (χ1) is 5.25. The molecule has 0 radical (unpaired) electrons. The van der Waals surface area contributed by atoms with Crippen LogP contribution < -0.4 is 0 Å². The van der Waals surface area contributed by atoms with E-state index >= 15 is 0 Å². The van der Waals surface area contributed by atoms with Crippen molar-refractivity contribution in [1.82, 2.24) is 4.98 Å². The Balaban J connectivity index is 2.70. The molecule has 0 N–H and O–H groups in total. The fourth-order valence-electron chi connectivity index (χ4n) is 0.570. The molecule has 3 nitrogen and oxygen atoms in total. The Morgan fingerprint density at radius 1 is 1.91 bits per heavy atom. The molecule has 0 amide bonds. The quantitative estimate of drug-likeness (QED) is 0.527. The number of halogens is 1. The average Bonchev–Trinajstić information content (AvgIpc) is 2.53. The van der Waals surface area contributed by atoms with Gasteiger partial charge in [0.05, 0.1) is 17.5 Å². The van der Waals surface area contributed by atoms with Crippen molar-refractivity contribution >= 4 is 28.9 Å². The Morgan fingerprint density at radius 2 is 2.64 bits per heavy atom. The van der Waals surface area contributed by atoms with Crippen LogP contribution in [0.15, 0.2) is 11.7 Å². The lowest BCUT2D eigenvalue weighted by molar-refractivity contribution is -0.140. The van der Waals surface area contributed by atoms with Gasteiger partial charge in [-0.2, -0.15) is 0 Å². The first kappa shape index (κ1) is 8.49. The molecular weight excluding hydrogens is 186 g/mol. The highest BCUT2D eigenvalue weighted by Gasteiger charge is 2.18. The summed E-state index contributed by atoms with van der Waals surface area (Å²) < 4.78 is 4.44. The van der Waals surface area contributed by atoms with E-state index < -0.39 is 11.3 Å². The second-order valence-corrected chi connectivity index (χ2v) is 3.14. The number of alkyl halides is 1. The monoisotopic (exact) mass is 191 g/mol. The molecule has 0 aliphatic carbocycles. The number of thiazole rings is 1. The van der Waals surface area contributed by atoms with Gasteiger partial charge in [-0.3, -0.25) is 9.78 Å². The fraction of sp³-hybridized carbons (Fsp3) is 0.333. The molecule has 5 heteroatoms. The summed E-state index contributed by atoms with van der Waals surface area (Å²) in [5.41, 5.74) is 1.62. The molecule has 0 fully saturated rings. The number of hydrogen-bond donors (Lipinski definition) is 0. The zero-order valence-electron chi connectivity index (χ0n) is 5.78. The average molecular weight is 192 g/mol. The number of aromatic nitrogens is 1. The van der Waals surface area contributed by atoms with Crippen molar-refractivity contribution < 1.29 is 9.53 Å². The van der Waals surface area contributed by atoms with Crippen LogP contribution in [0.2, 0.25) is 0 Å². The number of esters is 1. The Labute approximate surface area is 73.0 Å². The minimum atomic E-state index is -0.715. The summed E-state index contributed by atoms with van der Waals surface area (Å²) in [6.07, 6.45) is 1.55. The lowest BCUT2D eigenvalue weighted by atomic mass is 10.4. The molecule has 1 heterocycles. The third kappa shape index (κ3) is 1.91. The molecule has 0 aliphatic rings. The van der Waals surface area contributed by atoms with Crippen LogP contribution in [0.25, 0.3) is 0 Å². The highest BCUT2D eigenvalue weighted by molar-refractivity contribution is 7.10. The predicted octanol–water partition coefficient (Wildman–Crippen LogP) is 1.60. The highest BCUT2D eigenvalue weighted by Crippen LogP contribution is 2.24. The van der Waals surface area contributed by atoms with Gasteiger partial charge in [-0.05, 0) is 0 Å². The topological polar surface area (TPSA) is 39.2 Å². The molecule has 1 aromatic rings. The van der Waals surface area contributed by atoms with Crippen LogP contribution in [0.5, 0.6) is 0 Å². The van der Waals surface area contributed by atoms with Crippen molar-refractivity contribution in [3.05, 3.63) is 16.6 Å². The van der Waals surface area contributed by atoms with E-state index in [9.17, 15) is 4.79 Å². The summed E-state index contributed by atoms with van der Waals surface area (Å²) in [7, 11) is 1.30. The zero-order valence-corrected chi connectivity index (χ0v) is 7.35. The van der Waals surface area contributed by atoms with E-state index in [4.69, 9.17) is 11.6 Å². The van der Waals surface area contributed by atoms with Crippen LogP contribution in [-0.4, -0.2) is 18.1 Å². The predicted molar refractivity (Wildman–Crippen MR) is 42.7 cm³/mol. The van der Waals surface area contributed by atoms with Crippen LogP contribution in [0.4, 0.5) is 0 Å². The molecule has 0 aliphatic heterocycles. The van der Waals surface area contributed by atoms with Crippen LogP contribution in [0.1, 0.15) is 10.3 Å². The van der Waals surface area contributed by atoms with E-state index in [1.54, 1.807) is 11.7 Å². The van der Waals surface area contributed by atoms with Crippen molar-refractivity contribution in [2.75, 3.05) is 7.11 Å². The maximum atomic E-state index is 10.8. The van der Waals surface area contributed by atoms with Crippen LogP contribution in [0.3, 0.4) is 0 Å². The van der Waals surface area contributed by atoms with E-state index in [0.29, 0.717) is 4.88 Å². The molecule has 60 valence electrons. The van der Waals surface area contributed by atoms with Gasteiger partial charge in [-0.1, -0.05) is 0 Å². The summed E-state index contributed by atoms with van der Waals surface area (Å²) in [6.45, 7) is 0. The maximum Gasteiger partial charge on any atom is 0.329 e. The molecule has 0 saturated carbocycles. The molecule has 0 spiro atoms. The Hall–Kier alpha value is -0.610. The lowest BCUT2D eigenvalue weighted by Gasteiger charge is -2.01. The van der Waals surface area contributed by atoms with E-state index in [-0.39, 0.29) is 0 Å². The van der Waals surface area contributed by atoms with Crippen molar-refractivity contribution in [2.24, 2.45) is 0 Å². The van der Waals surface area contributed by atoms with Crippen LogP contribution in [0, 0.1) is 0 Å². The summed E-state index contributed by atoms with van der Waals surface area (Å²) in [6, 6.07) is 0. The summed E-state index contributed by atoms with van der Waals surface area (Å²) in [5, 5.41) is -0.715. The van der Waals surface area contributed by atoms with Gasteiger partial charge in [-0.15, -0.1) is 22.9 Å². The molecule has 1 atom stereocenters. The number of ether oxygens (including phenoxy) is 1. The first-order valence-electron chi connectivity index (χ1n) is 2.86. The summed E-state index contributed by atoms with van der Waals surface area (Å²) in [5.74, 6) is -0.448. The molecule has 0 saturated heterocycles. The SMILES string of the molecule is COC(=O)C(Cl)c1cncs1. The Bertz CT molecular complexity index is 237. The minimum absolute atomic E-state index is 0.448. The highest BCUT2D eigenvalue weighted by atomic mass is 35.5. The lowest BCUT2D eigenvalue weighted by Crippen LogP contribution is -2.06. The second-order valence-electron chi connectivity index (χ2n) is 1.79. The van der Waals surface area contributed by atoms with Gasteiger partial charge >= 0.3 is 5.97 Å². The molecule has 1 aromatic heterocycles. The number of nitrogens with zero attached hydrogens (tertiary/aromatic N) is 1. The molecule has 1 rings (SSSR count). The summed E-state index contributed by atoms with van der Waals surface area (Å²) >= 11 is 7.02.